The third kappa shape index (κ3) is 12.8. The fourth-order valence-corrected chi connectivity index (χ4v) is 6.89. The minimum atomic E-state index is -1.61. The Balaban J connectivity index is 1.40. The van der Waals surface area contributed by atoms with Gasteiger partial charge in [0.25, 0.3) is 0 Å². The average molecular weight is 707 g/mol. The number of carbonyl (C=O) groups is 1. The second kappa shape index (κ2) is 22.1. The number of ether oxygens (including phenoxy) is 4. The maximum atomic E-state index is 12.5. The number of hydrogen-bond acceptors (Lipinski definition) is 14. The van der Waals surface area contributed by atoms with E-state index in [2.05, 4.69) is 12.2 Å². The van der Waals surface area contributed by atoms with E-state index in [1.807, 2.05) is 0 Å². The number of rotatable bonds is 21. The third-order valence-corrected chi connectivity index (χ3v) is 10.2. The number of unbranched alkanes of at least 4 members (excludes halogenated alkanes) is 12. The van der Waals surface area contributed by atoms with Gasteiger partial charge in [0.05, 0.1) is 18.2 Å². The molecule has 1 saturated carbocycles. The summed E-state index contributed by atoms with van der Waals surface area (Å²) in [5.74, 6) is -0.178. The van der Waals surface area contributed by atoms with Crippen LogP contribution < -0.4 is 22.5 Å². The molecule has 0 bridgehead atoms. The first kappa shape index (κ1) is 42.4. The van der Waals surface area contributed by atoms with Crippen molar-refractivity contribution < 1.29 is 54.4 Å². The molecule has 288 valence electrons. The van der Waals surface area contributed by atoms with E-state index in [0.29, 0.717) is 12.8 Å². The SMILES string of the molecule is CCCCCCCCCCCCCCCC(=O)NCC1OC(OC2C(N)CCC(OC3OC(CN)C(O)C(O)C3O)C2O)C(O)C(N)C1O. The Labute approximate surface area is 291 Å². The zero-order chi connectivity index (χ0) is 35.9. The van der Waals surface area contributed by atoms with Crippen molar-refractivity contribution in [2.24, 2.45) is 17.2 Å². The van der Waals surface area contributed by atoms with Crippen LogP contribution in [0.2, 0.25) is 0 Å². The van der Waals surface area contributed by atoms with Gasteiger partial charge in [-0.2, -0.15) is 0 Å². The van der Waals surface area contributed by atoms with Crippen molar-refractivity contribution in [2.45, 2.75) is 195 Å². The molecule has 15 nitrogen and oxygen atoms in total. The maximum absolute atomic E-state index is 12.5. The molecular formula is C34H66N4O11. The Bertz CT molecular complexity index is 923. The highest BCUT2D eigenvalue weighted by Gasteiger charge is 2.50. The molecule has 0 aromatic carbocycles. The molecule has 0 spiro atoms. The summed E-state index contributed by atoms with van der Waals surface area (Å²) in [6.45, 7) is 2.04. The van der Waals surface area contributed by atoms with Crippen LogP contribution in [0, 0.1) is 0 Å². The summed E-state index contributed by atoms with van der Waals surface area (Å²) in [5, 5.41) is 66.1. The predicted octanol–water partition coefficient (Wildman–Crippen LogP) is -0.623. The standard InChI is InChI=1S/C34H66N4O11/c1-2-3-4-5-6-7-8-9-10-11-12-13-14-15-24(39)38-19-23-26(40)25(37)29(43)33(48-23)49-32-20(36)16-17-21(28(32)42)46-34-31(45)30(44)27(41)22(18-35)47-34/h20-23,25-34,40-45H,2-19,35-37H2,1H3,(H,38,39). The van der Waals surface area contributed by atoms with Crippen LogP contribution in [0.25, 0.3) is 0 Å². The Kier molecular flexibility index (Phi) is 19.1. The van der Waals surface area contributed by atoms with Gasteiger partial charge in [-0.05, 0) is 19.3 Å². The van der Waals surface area contributed by atoms with Crippen molar-refractivity contribution in [1.29, 1.82) is 0 Å². The lowest BCUT2D eigenvalue weighted by molar-refractivity contribution is -0.329. The minimum absolute atomic E-state index is 0.0584. The highest BCUT2D eigenvalue weighted by molar-refractivity contribution is 5.75. The molecule has 3 fully saturated rings. The van der Waals surface area contributed by atoms with Gasteiger partial charge in [-0.1, -0.05) is 84.0 Å². The molecule has 1 amide bonds. The molecule has 1 aliphatic carbocycles. The molecule has 13 N–H and O–H groups in total. The normalized spacial score (nSPS) is 38.4. The summed E-state index contributed by atoms with van der Waals surface area (Å²) in [4.78, 5) is 12.5. The van der Waals surface area contributed by atoms with Crippen LogP contribution in [0.1, 0.15) is 110 Å². The van der Waals surface area contributed by atoms with Crippen molar-refractivity contribution >= 4 is 5.91 Å². The molecule has 0 radical (unpaired) electrons. The maximum Gasteiger partial charge on any atom is 0.220 e. The number of hydrogen-bond donors (Lipinski definition) is 10. The van der Waals surface area contributed by atoms with Crippen molar-refractivity contribution in [3.05, 3.63) is 0 Å². The molecule has 3 rings (SSSR count). The van der Waals surface area contributed by atoms with E-state index in [4.69, 9.17) is 36.1 Å². The van der Waals surface area contributed by atoms with Gasteiger partial charge in [-0.25, -0.2) is 0 Å². The van der Waals surface area contributed by atoms with Crippen molar-refractivity contribution in [3.63, 3.8) is 0 Å². The summed E-state index contributed by atoms with van der Waals surface area (Å²) in [7, 11) is 0. The topological polar surface area (TPSA) is 265 Å². The molecule has 0 aromatic heterocycles. The second-order valence-corrected chi connectivity index (χ2v) is 14.2. The van der Waals surface area contributed by atoms with Gasteiger partial charge in [0.1, 0.15) is 48.8 Å². The third-order valence-electron chi connectivity index (χ3n) is 10.2. The summed E-state index contributed by atoms with van der Waals surface area (Å²) >= 11 is 0. The Morgan fingerprint density at radius 3 is 1.82 bits per heavy atom. The summed E-state index contributed by atoms with van der Waals surface area (Å²) in [5.41, 5.74) is 18.0. The van der Waals surface area contributed by atoms with Crippen molar-refractivity contribution in [1.82, 2.24) is 5.32 Å². The molecule has 2 heterocycles. The van der Waals surface area contributed by atoms with Gasteiger partial charge in [0.15, 0.2) is 12.6 Å². The largest absolute Gasteiger partial charge is 0.389 e. The fourth-order valence-electron chi connectivity index (χ4n) is 6.89. The van der Waals surface area contributed by atoms with Gasteiger partial charge >= 0.3 is 0 Å². The summed E-state index contributed by atoms with van der Waals surface area (Å²) < 4.78 is 23.2. The van der Waals surface area contributed by atoms with Crippen LogP contribution in [0.4, 0.5) is 0 Å². The molecule has 3 aliphatic rings. The van der Waals surface area contributed by atoms with E-state index in [0.717, 1.165) is 19.3 Å². The summed E-state index contributed by atoms with van der Waals surface area (Å²) in [6.07, 6.45) is 1.09. The van der Waals surface area contributed by atoms with E-state index < -0.39 is 85.7 Å². The number of amides is 1. The molecule has 0 aromatic rings. The zero-order valence-electron chi connectivity index (χ0n) is 29.3. The monoisotopic (exact) mass is 706 g/mol. The van der Waals surface area contributed by atoms with Gasteiger partial charge in [-0.15, -0.1) is 0 Å². The van der Waals surface area contributed by atoms with Crippen molar-refractivity contribution in [3.8, 4) is 0 Å². The average Bonchev–Trinajstić information content (AvgIpc) is 3.09. The van der Waals surface area contributed by atoms with Gasteiger partial charge in [0, 0.05) is 25.6 Å². The molecular weight excluding hydrogens is 640 g/mol. The molecule has 14 atom stereocenters. The van der Waals surface area contributed by atoms with Gasteiger partial charge < -0.3 is 72.1 Å². The fraction of sp³-hybridized carbons (Fsp3) is 0.971. The number of aliphatic hydroxyl groups excluding tert-OH is 6. The zero-order valence-corrected chi connectivity index (χ0v) is 29.3. The van der Waals surface area contributed by atoms with E-state index in [9.17, 15) is 35.4 Å². The van der Waals surface area contributed by atoms with Gasteiger partial charge in [-0.3, -0.25) is 4.79 Å². The number of carbonyl (C=O) groups excluding carboxylic acids is 1. The predicted molar refractivity (Wildman–Crippen MR) is 181 cm³/mol. The van der Waals surface area contributed by atoms with E-state index in [1.54, 1.807) is 0 Å². The molecule has 14 unspecified atom stereocenters. The van der Waals surface area contributed by atoms with Crippen LogP contribution in [-0.4, -0.2) is 135 Å². The second-order valence-electron chi connectivity index (χ2n) is 14.2. The molecule has 15 heteroatoms. The lowest BCUT2D eigenvalue weighted by Crippen LogP contribution is -2.66. The first-order valence-electron chi connectivity index (χ1n) is 18.7. The highest BCUT2D eigenvalue weighted by Crippen LogP contribution is 2.31. The smallest absolute Gasteiger partial charge is 0.220 e. The summed E-state index contributed by atoms with van der Waals surface area (Å²) in [6, 6.07) is -1.87. The molecule has 2 saturated heterocycles. The molecule has 2 aliphatic heterocycles. The highest BCUT2D eigenvalue weighted by atomic mass is 16.7. The Morgan fingerprint density at radius 1 is 0.673 bits per heavy atom. The Hall–Kier alpha value is -1.05. The first-order chi connectivity index (χ1) is 23.5. The lowest BCUT2D eigenvalue weighted by atomic mass is 9.87. The number of nitrogens with two attached hydrogens (primary N) is 3. The van der Waals surface area contributed by atoms with Crippen LogP contribution in [0.5, 0.6) is 0 Å². The van der Waals surface area contributed by atoms with E-state index in [1.165, 1.54) is 64.2 Å². The van der Waals surface area contributed by atoms with Crippen LogP contribution in [-0.2, 0) is 23.7 Å². The van der Waals surface area contributed by atoms with Crippen LogP contribution in [0.3, 0.4) is 0 Å². The van der Waals surface area contributed by atoms with E-state index >= 15 is 0 Å². The van der Waals surface area contributed by atoms with Crippen LogP contribution in [0.15, 0.2) is 0 Å². The first-order valence-corrected chi connectivity index (χ1v) is 18.7. The molecule has 49 heavy (non-hydrogen) atoms. The quantitative estimate of drug-likeness (QED) is 0.0667. The lowest BCUT2D eigenvalue weighted by Gasteiger charge is -2.46. The number of aliphatic hydroxyl groups is 6. The van der Waals surface area contributed by atoms with Crippen molar-refractivity contribution in [2.75, 3.05) is 13.1 Å². The van der Waals surface area contributed by atoms with Crippen LogP contribution >= 0.6 is 0 Å². The van der Waals surface area contributed by atoms with Gasteiger partial charge in [0.2, 0.25) is 5.91 Å². The number of nitrogens with one attached hydrogen (secondary N) is 1. The minimum Gasteiger partial charge on any atom is -0.389 e. The Morgan fingerprint density at radius 2 is 1.22 bits per heavy atom. The van der Waals surface area contributed by atoms with E-state index in [-0.39, 0.29) is 25.4 Å².